The first-order chi connectivity index (χ1) is 7.70. The fourth-order valence-corrected chi connectivity index (χ4v) is 1.90. The van der Waals surface area contributed by atoms with Gasteiger partial charge >= 0.3 is 0 Å². The third-order valence-electron chi connectivity index (χ3n) is 3.11. The first-order valence-corrected chi connectivity index (χ1v) is 5.64. The number of nitrogens with one attached hydrogen (secondary N) is 1. The van der Waals surface area contributed by atoms with E-state index in [1.165, 1.54) is 0 Å². The molecule has 0 saturated carbocycles. The minimum absolute atomic E-state index is 0.262. The SMILES string of the molecule is CNc1nccc(N2CCC(C)C(O)C2)n1. The summed E-state index contributed by atoms with van der Waals surface area (Å²) < 4.78 is 0. The van der Waals surface area contributed by atoms with E-state index in [0.29, 0.717) is 18.4 Å². The van der Waals surface area contributed by atoms with Crippen molar-refractivity contribution in [3.63, 3.8) is 0 Å². The molecule has 1 fully saturated rings. The van der Waals surface area contributed by atoms with Crippen molar-refractivity contribution in [2.75, 3.05) is 30.4 Å². The summed E-state index contributed by atoms with van der Waals surface area (Å²) >= 11 is 0. The topological polar surface area (TPSA) is 61.3 Å². The largest absolute Gasteiger partial charge is 0.391 e. The molecule has 0 spiro atoms. The number of hydrogen-bond donors (Lipinski definition) is 2. The van der Waals surface area contributed by atoms with E-state index in [4.69, 9.17) is 0 Å². The van der Waals surface area contributed by atoms with Crippen LogP contribution in [0.4, 0.5) is 11.8 Å². The number of hydrogen-bond acceptors (Lipinski definition) is 5. The second kappa shape index (κ2) is 4.65. The van der Waals surface area contributed by atoms with Gasteiger partial charge in [0.15, 0.2) is 0 Å². The Balaban J connectivity index is 2.12. The summed E-state index contributed by atoms with van der Waals surface area (Å²) in [6.07, 6.45) is 2.47. The van der Waals surface area contributed by atoms with Crippen LogP contribution in [-0.2, 0) is 0 Å². The maximum absolute atomic E-state index is 9.84. The fourth-order valence-electron chi connectivity index (χ4n) is 1.90. The van der Waals surface area contributed by atoms with Crippen molar-refractivity contribution in [3.8, 4) is 0 Å². The zero-order valence-corrected chi connectivity index (χ0v) is 9.72. The van der Waals surface area contributed by atoms with Crippen molar-refractivity contribution < 1.29 is 5.11 Å². The second-order valence-electron chi connectivity index (χ2n) is 4.27. The molecule has 2 heterocycles. The average molecular weight is 222 g/mol. The van der Waals surface area contributed by atoms with E-state index in [1.54, 1.807) is 13.2 Å². The molecule has 5 nitrogen and oxygen atoms in total. The van der Waals surface area contributed by atoms with Gasteiger partial charge in [-0.05, 0) is 18.4 Å². The van der Waals surface area contributed by atoms with E-state index >= 15 is 0 Å². The highest BCUT2D eigenvalue weighted by Crippen LogP contribution is 2.21. The molecule has 1 aromatic heterocycles. The van der Waals surface area contributed by atoms with E-state index < -0.39 is 0 Å². The number of piperidine rings is 1. The predicted octanol–water partition coefficient (Wildman–Crippen LogP) is 0.725. The molecule has 16 heavy (non-hydrogen) atoms. The third kappa shape index (κ3) is 2.24. The number of aromatic nitrogens is 2. The average Bonchev–Trinajstić information content (AvgIpc) is 2.33. The maximum atomic E-state index is 9.84. The van der Waals surface area contributed by atoms with Crippen LogP contribution in [0.15, 0.2) is 12.3 Å². The molecule has 2 unspecified atom stereocenters. The summed E-state index contributed by atoms with van der Waals surface area (Å²) in [6, 6.07) is 1.88. The Labute approximate surface area is 95.5 Å². The fraction of sp³-hybridized carbons (Fsp3) is 0.636. The zero-order chi connectivity index (χ0) is 11.5. The van der Waals surface area contributed by atoms with E-state index in [2.05, 4.69) is 27.1 Å². The smallest absolute Gasteiger partial charge is 0.224 e. The zero-order valence-electron chi connectivity index (χ0n) is 9.72. The lowest BCUT2D eigenvalue weighted by atomic mass is 9.96. The predicted molar refractivity (Wildman–Crippen MR) is 63.6 cm³/mol. The van der Waals surface area contributed by atoms with Gasteiger partial charge in [-0.2, -0.15) is 4.98 Å². The third-order valence-corrected chi connectivity index (χ3v) is 3.11. The summed E-state index contributed by atoms with van der Waals surface area (Å²) in [5.41, 5.74) is 0. The molecule has 88 valence electrons. The molecule has 5 heteroatoms. The van der Waals surface area contributed by atoms with E-state index in [9.17, 15) is 5.11 Å². The molecule has 2 atom stereocenters. The van der Waals surface area contributed by atoms with E-state index in [0.717, 1.165) is 18.8 Å². The normalized spacial score (nSPS) is 25.6. The highest BCUT2D eigenvalue weighted by atomic mass is 16.3. The molecule has 0 bridgehead atoms. The monoisotopic (exact) mass is 222 g/mol. The Morgan fingerprint density at radius 1 is 1.56 bits per heavy atom. The number of β-amino-alcohol motifs (C(OH)–C–C–N with tert-alkyl or cyclic N) is 1. The highest BCUT2D eigenvalue weighted by Gasteiger charge is 2.25. The van der Waals surface area contributed by atoms with Gasteiger partial charge in [-0.25, -0.2) is 4.98 Å². The molecular formula is C11H18N4O. The quantitative estimate of drug-likeness (QED) is 0.772. The lowest BCUT2D eigenvalue weighted by Gasteiger charge is -2.35. The molecule has 0 aromatic carbocycles. The summed E-state index contributed by atoms with van der Waals surface area (Å²) in [5, 5.41) is 12.8. The Morgan fingerprint density at radius 3 is 3.06 bits per heavy atom. The van der Waals surface area contributed by atoms with Crippen LogP contribution in [0, 0.1) is 5.92 Å². The van der Waals surface area contributed by atoms with Crippen LogP contribution >= 0.6 is 0 Å². The Bertz CT molecular complexity index is 358. The van der Waals surface area contributed by atoms with Gasteiger partial charge in [0.2, 0.25) is 5.95 Å². The van der Waals surface area contributed by atoms with Crippen LogP contribution in [0.1, 0.15) is 13.3 Å². The second-order valence-corrected chi connectivity index (χ2v) is 4.27. The standard InChI is InChI=1S/C11H18N4O/c1-8-4-6-15(7-9(8)16)10-3-5-13-11(12-2)14-10/h3,5,8-9,16H,4,6-7H2,1-2H3,(H,12,13,14). The number of aliphatic hydroxyl groups excluding tert-OH is 1. The van der Waals surface area contributed by atoms with Gasteiger partial charge in [-0.15, -0.1) is 0 Å². The van der Waals surface area contributed by atoms with Gasteiger partial charge in [0.05, 0.1) is 6.10 Å². The van der Waals surface area contributed by atoms with Crippen molar-refractivity contribution in [1.29, 1.82) is 0 Å². The van der Waals surface area contributed by atoms with Crippen molar-refractivity contribution in [2.45, 2.75) is 19.4 Å². The van der Waals surface area contributed by atoms with Gasteiger partial charge < -0.3 is 15.3 Å². The van der Waals surface area contributed by atoms with Crippen LogP contribution < -0.4 is 10.2 Å². The number of aliphatic hydroxyl groups is 1. The van der Waals surface area contributed by atoms with Crippen LogP contribution in [0.25, 0.3) is 0 Å². The lowest BCUT2D eigenvalue weighted by Crippen LogP contribution is -2.43. The van der Waals surface area contributed by atoms with E-state index in [1.807, 2.05) is 6.07 Å². The molecular weight excluding hydrogens is 204 g/mol. The van der Waals surface area contributed by atoms with Crippen molar-refractivity contribution >= 4 is 11.8 Å². The first kappa shape index (κ1) is 11.1. The summed E-state index contributed by atoms with van der Waals surface area (Å²) in [6.45, 7) is 3.68. The molecule has 0 amide bonds. The first-order valence-electron chi connectivity index (χ1n) is 5.64. The Morgan fingerprint density at radius 2 is 2.38 bits per heavy atom. The van der Waals surface area contributed by atoms with Crippen LogP contribution in [0.2, 0.25) is 0 Å². The van der Waals surface area contributed by atoms with Gasteiger partial charge in [-0.3, -0.25) is 0 Å². The van der Waals surface area contributed by atoms with Crippen LogP contribution in [0.3, 0.4) is 0 Å². The lowest BCUT2D eigenvalue weighted by molar-refractivity contribution is 0.102. The van der Waals surface area contributed by atoms with Gasteiger partial charge in [0.1, 0.15) is 5.82 Å². The molecule has 2 rings (SSSR count). The summed E-state index contributed by atoms with van der Waals surface area (Å²) in [4.78, 5) is 10.5. The number of rotatable bonds is 2. The molecule has 0 aliphatic carbocycles. The Hall–Kier alpha value is -1.36. The van der Waals surface area contributed by atoms with Crippen LogP contribution in [-0.4, -0.2) is 41.3 Å². The van der Waals surface area contributed by atoms with Crippen molar-refractivity contribution in [3.05, 3.63) is 12.3 Å². The van der Waals surface area contributed by atoms with Gasteiger partial charge in [-0.1, -0.05) is 6.92 Å². The molecule has 0 radical (unpaired) electrons. The molecule has 1 aliphatic rings. The molecule has 1 saturated heterocycles. The minimum atomic E-state index is -0.262. The molecule has 2 N–H and O–H groups in total. The highest BCUT2D eigenvalue weighted by molar-refractivity contribution is 5.42. The number of nitrogens with zero attached hydrogens (tertiary/aromatic N) is 3. The van der Waals surface area contributed by atoms with E-state index in [-0.39, 0.29) is 6.10 Å². The van der Waals surface area contributed by atoms with Crippen molar-refractivity contribution in [1.82, 2.24) is 9.97 Å². The Kier molecular flexibility index (Phi) is 3.24. The van der Waals surface area contributed by atoms with Gasteiger partial charge in [0.25, 0.3) is 0 Å². The molecule has 1 aromatic rings. The van der Waals surface area contributed by atoms with Crippen LogP contribution in [0.5, 0.6) is 0 Å². The summed E-state index contributed by atoms with van der Waals surface area (Å²) in [7, 11) is 1.80. The summed E-state index contributed by atoms with van der Waals surface area (Å²) in [5.74, 6) is 1.87. The van der Waals surface area contributed by atoms with Gasteiger partial charge in [0, 0.05) is 26.3 Å². The maximum Gasteiger partial charge on any atom is 0.224 e. The minimum Gasteiger partial charge on any atom is -0.391 e. The van der Waals surface area contributed by atoms with Crippen molar-refractivity contribution in [2.24, 2.45) is 5.92 Å². The molecule has 1 aliphatic heterocycles. The number of anilines is 2.